The fraction of sp³-hybridized carbons (Fsp3) is 0.643. The van der Waals surface area contributed by atoms with E-state index < -0.39 is 15.2 Å². The Morgan fingerprint density at radius 3 is 2.65 bits per heavy atom. The van der Waals surface area contributed by atoms with Crippen molar-refractivity contribution >= 4 is 27.2 Å². The molecule has 20 heavy (non-hydrogen) atoms. The molecule has 0 bridgehead atoms. The summed E-state index contributed by atoms with van der Waals surface area (Å²) < 4.78 is 25.6. The van der Waals surface area contributed by atoms with Crippen LogP contribution in [0, 0.1) is 13.8 Å². The van der Waals surface area contributed by atoms with Gasteiger partial charge in [0.2, 0.25) is 0 Å². The predicted octanol–water partition coefficient (Wildman–Crippen LogP) is 2.66. The third-order valence-electron chi connectivity index (χ3n) is 3.92. The van der Waals surface area contributed by atoms with Crippen LogP contribution in [0.3, 0.4) is 0 Å². The van der Waals surface area contributed by atoms with E-state index in [1.54, 1.807) is 6.92 Å². The summed E-state index contributed by atoms with van der Waals surface area (Å²) in [5.41, 5.74) is 2.35. The SMILES string of the molecule is Cc1cc(C(=O)C(C)Cl)c(C)n1C1CCCS(=O)(=O)C1. The Bertz CT molecular complexity index is 631. The minimum atomic E-state index is -2.97. The summed E-state index contributed by atoms with van der Waals surface area (Å²) in [4.78, 5) is 12.1. The molecule has 2 rings (SSSR count). The second kappa shape index (κ2) is 5.53. The number of aromatic nitrogens is 1. The molecular weight excluding hydrogens is 298 g/mol. The monoisotopic (exact) mass is 317 g/mol. The molecule has 4 nitrogen and oxygen atoms in total. The zero-order valence-corrected chi connectivity index (χ0v) is 13.6. The average molecular weight is 318 g/mol. The van der Waals surface area contributed by atoms with E-state index in [0.29, 0.717) is 12.0 Å². The molecule has 0 spiro atoms. The quantitative estimate of drug-likeness (QED) is 0.636. The van der Waals surface area contributed by atoms with Crippen molar-refractivity contribution in [1.82, 2.24) is 4.57 Å². The number of sulfone groups is 1. The van der Waals surface area contributed by atoms with Crippen molar-refractivity contribution in [3.8, 4) is 0 Å². The number of aryl methyl sites for hydroxylation is 1. The molecule has 0 saturated carbocycles. The lowest BCUT2D eigenvalue weighted by molar-refractivity contribution is 0.0991. The maximum absolute atomic E-state index is 12.1. The van der Waals surface area contributed by atoms with Gasteiger partial charge in [-0.15, -0.1) is 11.6 Å². The van der Waals surface area contributed by atoms with Gasteiger partial charge in [-0.1, -0.05) is 0 Å². The topological polar surface area (TPSA) is 56.1 Å². The van der Waals surface area contributed by atoms with Gasteiger partial charge >= 0.3 is 0 Å². The van der Waals surface area contributed by atoms with Crippen LogP contribution in [0.5, 0.6) is 0 Å². The first-order valence-corrected chi connectivity index (χ1v) is 9.06. The number of carbonyl (C=O) groups excluding carboxylic acids is 1. The van der Waals surface area contributed by atoms with Crippen LogP contribution in [-0.4, -0.2) is 35.7 Å². The lowest BCUT2D eigenvalue weighted by atomic mass is 10.1. The molecule has 1 saturated heterocycles. The Labute approximate surface area is 125 Å². The van der Waals surface area contributed by atoms with E-state index in [2.05, 4.69) is 0 Å². The van der Waals surface area contributed by atoms with Gasteiger partial charge in [0.15, 0.2) is 15.6 Å². The van der Waals surface area contributed by atoms with Gasteiger partial charge in [0.05, 0.1) is 16.9 Å². The normalized spacial score (nSPS) is 23.5. The molecule has 0 radical (unpaired) electrons. The first kappa shape index (κ1) is 15.6. The summed E-state index contributed by atoms with van der Waals surface area (Å²) in [7, 11) is -2.97. The highest BCUT2D eigenvalue weighted by Gasteiger charge is 2.29. The maximum atomic E-state index is 12.1. The third-order valence-corrected chi connectivity index (χ3v) is 5.92. The molecule has 2 atom stereocenters. The highest BCUT2D eigenvalue weighted by Crippen LogP contribution is 2.29. The second-order valence-electron chi connectivity index (χ2n) is 5.55. The van der Waals surface area contributed by atoms with Crippen LogP contribution in [0.2, 0.25) is 0 Å². The molecule has 1 aliphatic heterocycles. The summed E-state index contributed by atoms with van der Waals surface area (Å²) >= 11 is 5.87. The Balaban J connectivity index is 2.40. The van der Waals surface area contributed by atoms with Gasteiger partial charge in [0.1, 0.15) is 0 Å². The molecule has 0 aliphatic carbocycles. The number of carbonyl (C=O) groups is 1. The van der Waals surface area contributed by atoms with Gasteiger partial charge in [-0.3, -0.25) is 4.79 Å². The van der Waals surface area contributed by atoms with Gasteiger partial charge in [-0.2, -0.15) is 0 Å². The minimum absolute atomic E-state index is 0.0686. The Morgan fingerprint density at radius 2 is 2.10 bits per heavy atom. The Kier molecular flexibility index (Phi) is 4.30. The molecule has 1 aromatic rings. The fourth-order valence-corrected chi connectivity index (χ4v) is 4.80. The van der Waals surface area contributed by atoms with Crippen LogP contribution >= 0.6 is 11.6 Å². The smallest absolute Gasteiger partial charge is 0.182 e. The summed E-state index contributed by atoms with van der Waals surface area (Å²) in [6.45, 7) is 5.42. The Hall–Kier alpha value is -0.810. The van der Waals surface area contributed by atoms with Crippen molar-refractivity contribution in [1.29, 1.82) is 0 Å². The van der Waals surface area contributed by atoms with E-state index in [4.69, 9.17) is 11.6 Å². The van der Waals surface area contributed by atoms with Crippen LogP contribution in [0.4, 0.5) is 0 Å². The maximum Gasteiger partial charge on any atom is 0.182 e. The highest BCUT2D eigenvalue weighted by molar-refractivity contribution is 7.91. The fourth-order valence-electron chi connectivity index (χ4n) is 3.01. The van der Waals surface area contributed by atoms with E-state index in [0.717, 1.165) is 17.8 Å². The summed E-state index contributed by atoms with van der Waals surface area (Å²) in [5.74, 6) is 0.325. The molecule has 112 valence electrons. The summed E-state index contributed by atoms with van der Waals surface area (Å²) in [6.07, 6.45) is 1.51. The number of nitrogens with zero attached hydrogens (tertiary/aromatic N) is 1. The lowest BCUT2D eigenvalue weighted by Gasteiger charge is -2.26. The van der Waals surface area contributed by atoms with Crippen LogP contribution in [0.1, 0.15) is 47.6 Å². The molecule has 0 aromatic carbocycles. The third kappa shape index (κ3) is 2.93. The predicted molar refractivity (Wildman–Crippen MR) is 80.5 cm³/mol. The highest BCUT2D eigenvalue weighted by atomic mass is 35.5. The summed E-state index contributed by atoms with van der Waals surface area (Å²) in [5, 5.41) is -0.570. The van der Waals surface area contributed by atoms with Crippen molar-refractivity contribution in [2.45, 2.75) is 45.0 Å². The second-order valence-corrected chi connectivity index (χ2v) is 8.43. The van der Waals surface area contributed by atoms with Crippen LogP contribution in [0.15, 0.2) is 6.07 Å². The number of rotatable bonds is 3. The van der Waals surface area contributed by atoms with Crippen molar-refractivity contribution in [2.75, 3.05) is 11.5 Å². The van der Waals surface area contributed by atoms with Gasteiger partial charge < -0.3 is 4.57 Å². The van der Waals surface area contributed by atoms with E-state index in [1.807, 2.05) is 24.5 Å². The molecule has 1 aliphatic rings. The molecule has 1 aromatic heterocycles. The van der Waals surface area contributed by atoms with Gasteiger partial charge in [0.25, 0.3) is 0 Å². The van der Waals surface area contributed by atoms with Gasteiger partial charge in [0, 0.05) is 23.0 Å². The average Bonchev–Trinajstić information content (AvgIpc) is 2.62. The molecule has 0 amide bonds. The van der Waals surface area contributed by atoms with Crippen LogP contribution < -0.4 is 0 Å². The van der Waals surface area contributed by atoms with Crippen molar-refractivity contribution in [3.63, 3.8) is 0 Å². The van der Waals surface area contributed by atoms with E-state index in [-0.39, 0.29) is 23.3 Å². The summed E-state index contributed by atoms with van der Waals surface area (Å²) in [6, 6.07) is 1.75. The molecule has 0 N–H and O–H groups in total. The van der Waals surface area contributed by atoms with Crippen LogP contribution in [-0.2, 0) is 9.84 Å². The molecule has 1 fully saturated rings. The number of halogens is 1. The van der Waals surface area contributed by atoms with Crippen molar-refractivity contribution in [2.24, 2.45) is 0 Å². The van der Waals surface area contributed by atoms with Gasteiger partial charge in [-0.05, 0) is 39.7 Å². The van der Waals surface area contributed by atoms with E-state index >= 15 is 0 Å². The van der Waals surface area contributed by atoms with Gasteiger partial charge in [-0.25, -0.2) is 8.42 Å². The lowest BCUT2D eigenvalue weighted by Crippen LogP contribution is -2.28. The number of alkyl halides is 1. The minimum Gasteiger partial charge on any atom is -0.344 e. The number of Topliss-reactive ketones (excluding diaryl/α,β-unsaturated/α-hetero) is 1. The first-order chi connectivity index (χ1) is 9.23. The largest absolute Gasteiger partial charge is 0.344 e. The Morgan fingerprint density at radius 1 is 1.45 bits per heavy atom. The van der Waals surface area contributed by atoms with Crippen molar-refractivity contribution < 1.29 is 13.2 Å². The molecule has 2 unspecified atom stereocenters. The molecule has 6 heteroatoms. The standard InChI is InChI=1S/C14H20ClNO3S/c1-9-7-13(14(17)10(2)15)11(3)16(9)12-5-4-6-20(18,19)8-12/h7,10,12H,4-6,8H2,1-3H3. The number of hydrogen-bond donors (Lipinski definition) is 0. The van der Waals surface area contributed by atoms with E-state index in [9.17, 15) is 13.2 Å². The molecular formula is C14H20ClNO3S. The zero-order chi connectivity index (χ0) is 15.1. The van der Waals surface area contributed by atoms with Crippen LogP contribution in [0.25, 0.3) is 0 Å². The first-order valence-electron chi connectivity index (χ1n) is 6.80. The zero-order valence-electron chi connectivity index (χ0n) is 12.0. The van der Waals surface area contributed by atoms with Crippen molar-refractivity contribution in [3.05, 3.63) is 23.0 Å². The molecule has 2 heterocycles. The number of ketones is 1. The van der Waals surface area contributed by atoms with E-state index in [1.165, 1.54) is 0 Å². The number of hydrogen-bond acceptors (Lipinski definition) is 3.